The maximum Gasteiger partial charge on any atom is 0.229 e. The number of aromatic nitrogens is 2. The van der Waals surface area contributed by atoms with Crippen molar-refractivity contribution in [2.24, 2.45) is 5.92 Å². The first-order valence-corrected chi connectivity index (χ1v) is 13.4. The number of carbonyl (C=O) groups is 1. The van der Waals surface area contributed by atoms with Crippen molar-refractivity contribution in [1.29, 1.82) is 0 Å². The summed E-state index contributed by atoms with van der Waals surface area (Å²) in [5.74, 6) is -0.687. The van der Waals surface area contributed by atoms with E-state index in [1.807, 2.05) is 0 Å². The Kier molecular flexibility index (Phi) is 8.03. The molecule has 2 heterocycles. The first kappa shape index (κ1) is 23.7. The second-order valence-corrected chi connectivity index (χ2v) is 12.7. The Labute approximate surface area is 194 Å². The molecule has 0 bridgehead atoms. The smallest absolute Gasteiger partial charge is 0.229 e. The Bertz CT molecular complexity index is 986. The molecule has 1 aliphatic heterocycles. The minimum absolute atomic E-state index is 0.154. The molecule has 1 fully saturated rings. The van der Waals surface area contributed by atoms with Crippen LogP contribution in [0.25, 0.3) is 0 Å². The fourth-order valence-electron chi connectivity index (χ4n) is 3.06. The standard InChI is InChI=1S/C18H22Cl2N4O3S3/c1-11(2)28-18-23-22-17(29-18)21-16(25)12-6-8-24(9-7-12)30(26,27)10-13-14(19)4-3-5-15(13)20/h3-5,11-12H,6-10H2,1-2H3,(H,21,22,25). The molecule has 3 rings (SSSR count). The van der Waals surface area contributed by atoms with Crippen LogP contribution in [0.3, 0.4) is 0 Å². The Morgan fingerprint density at radius 1 is 1.27 bits per heavy atom. The molecule has 0 saturated carbocycles. The zero-order valence-corrected chi connectivity index (χ0v) is 20.4. The third-order valence-corrected chi connectivity index (χ3v) is 9.02. The van der Waals surface area contributed by atoms with Gasteiger partial charge in [0.1, 0.15) is 0 Å². The van der Waals surface area contributed by atoms with E-state index in [1.165, 1.54) is 15.6 Å². The molecule has 0 spiro atoms. The van der Waals surface area contributed by atoms with Crippen LogP contribution in [0, 0.1) is 5.92 Å². The highest BCUT2D eigenvalue weighted by Crippen LogP contribution is 2.31. The summed E-state index contributed by atoms with van der Waals surface area (Å²) in [4.78, 5) is 12.6. The lowest BCUT2D eigenvalue weighted by molar-refractivity contribution is -0.120. The normalized spacial score (nSPS) is 16.2. The second-order valence-electron chi connectivity index (χ2n) is 7.16. The number of halogens is 2. The van der Waals surface area contributed by atoms with Gasteiger partial charge in [0.25, 0.3) is 0 Å². The SMILES string of the molecule is CC(C)Sc1nnc(NC(=O)C2CCN(S(=O)(=O)Cc3c(Cl)cccc3Cl)CC2)s1. The number of hydrogen-bond donors (Lipinski definition) is 1. The van der Waals surface area contributed by atoms with Gasteiger partial charge in [0, 0.05) is 39.9 Å². The Hall–Kier alpha value is -0.910. The van der Waals surface area contributed by atoms with Crippen LogP contribution in [0.5, 0.6) is 0 Å². The number of piperidine rings is 1. The zero-order valence-electron chi connectivity index (χ0n) is 16.5. The van der Waals surface area contributed by atoms with Gasteiger partial charge in [0.2, 0.25) is 21.1 Å². The van der Waals surface area contributed by atoms with Crippen molar-refractivity contribution in [2.45, 2.75) is 42.0 Å². The molecule has 1 aromatic heterocycles. The molecule has 164 valence electrons. The van der Waals surface area contributed by atoms with Crippen molar-refractivity contribution in [3.05, 3.63) is 33.8 Å². The third kappa shape index (κ3) is 6.08. The van der Waals surface area contributed by atoms with Crippen LogP contribution in [-0.2, 0) is 20.6 Å². The fraction of sp³-hybridized carbons (Fsp3) is 0.500. The minimum atomic E-state index is -3.59. The van der Waals surface area contributed by atoms with Crippen LogP contribution in [0.4, 0.5) is 5.13 Å². The molecular weight excluding hydrogens is 487 g/mol. The number of sulfonamides is 1. The lowest BCUT2D eigenvalue weighted by Crippen LogP contribution is -2.41. The van der Waals surface area contributed by atoms with E-state index in [9.17, 15) is 13.2 Å². The number of rotatable bonds is 7. The molecule has 0 radical (unpaired) electrons. The van der Waals surface area contributed by atoms with Gasteiger partial charge < -0.3 is 5.32 Å². The van der Waals surface area contributed by atoms with Crippen molar-refractivity contribution < 1.29 is 13.2 Å². The molecule has 1 aliphatic rings. The molecule has 7 nitrogen and oxygen atoms in total. The maximum absolute atomic E-state index is 12.8. The van der Waals surface area contributed by atoms with Gasteiger partial charge >= 0.3 is 0 Å². The van der Waals surface area contributed by atoms with Crippen molar-refractivity contribution >= 4 is 67.4 Å². The monoisotopic (exact) mass is 508 g/mol. The molecule has 2 aromatic rings. The number of benzene rings is 1. The molecular formula is C18H22Cl2N4O3S3. The largest absolute Gasteiger partial charge is 0.300 e. The van der Waals surface area contributed by atoms with Crippen LogP contribution in [0.2, 0.25) is 10.0 Å². The number of carbonyl (C=O) groups excluding carboxylic acids is 1. The molecule has 1 amide bonds. The topological polar surface area (TPSA) is 92.3 Å². The second kappa shape index (κ2) is 10.1. The predicted molar refractivity (Wildman–Crippen MR) is 123 cm³/mol. The average molecular weight is 510 g/mol. The Morgan fingerprint density at radius 3 is 2.50 bits per heavy atom. The van der Waals surface area contributed by atoms with Gasteiger partial charge in [0.15, 0.2) is 4.34 Å². The zero-order chi connectivity index (χ0) is 21.9. The number of thioether (sulfide) groups is 1. The van der Waals surface area contributed by atoms with Crippen molar-refractivity contribution in [3.8, 4) is 0 Å². The van der Waals surface area contributed by atoms with E-state index in [1.54, 1.807) is 30.0 Å². The van der Waals surface area contributed by atoms with E-state index in [0.29, 0.717) is 38.8 Å². The summed E-state index contributed by atoms with van der Waals surface area (Å²) in [5.41, 5.74) is 0.395. The highest BCUT2D eigenvalue weighted by molar-refractivity contribution is 8.01. The highest BCUT2D eigenvalue weighted by atomic mass is 35.5. The molecule has 1 N–H and O–H groups in total. The molecule has 12 heteroatoms. The quantitative estimate of drug-likeness (QED) is 0.436. The third-order valence-electron chi connectivity index (χ3n) is 4.58. The van der Waals surface area contributed by atoms with Gasteiger partial charge in [-0.25, -0.2) is 12.7 Å². The summed E-state index contributed by atoms with van der Waals surface area (Å²) >= 11 is 15.2. The van der Waals surface area contributed by atoms with Crippen LogP contribution < -0.4 is 5.32 Å². The number of anilines is 1. The Balaban J connectivity index is 1.56. The van der Waals surface area contributed by atoms with Gasteiger partial charge in [0.05, 0.1) is 5.75 Å². The van der Waals surface area contributed by atoms with Crippen LogP contribution >= 0.6 is 46.3 Å². The fourth-order valence-corrected chi connectivity index (χ4v) is 7.35. The van der Waals surface area contributed by atoms with Gasteiger partial charge in [-0.15, -0.1) is 10.2 Å². The van der Waals surface area contributed by atoms with E-state index in [0.717, 1.165) is 4.34 Å². The number of amides is 1. The number of nitrogens with zero attached hydrogens (tertiary/aromatic N) is 3. The summed E-state index contributed by atoms with van der Waals surface area (Å²) < 4.78 is 27.8. The molecule has 0 unspecified atom stereocenters. The summed E-state index contributed by atoms with van der Waals surface area (Å²) in [7, 11) is -3.59. The van der Waals surface area contributed by atoms with Gasteiger partial charge in [-0.3, -0.25) is 4.79 Å². The summed E-state index contributed by atoms with van der Waals surface area (Å²) in [6.07, 6.45) is 0.876. The van der Waals surface area contributed by atoms with Gasteiger partial charge in [-0.2, -0.15) is 0 Å². The lowest BCUT2D eigenvalue weighted by atomic mass is 9.97. The highest BCUT2D eigenvalue weighted by Gasteiger charge is 2.32. The van der Waals surface area contributed by atoms with Crippen molar-refractivity contribution in [1.82, 2.24) is 14.5 Å². The molecule has 30 heavy (non-hydrogen) atoms. The summed E-state index contributed by atoms with van der Waals surface area (Å²) in [5, 5.41) is 12.4. The first-order chi connectivity index (χ1) is 14.2. The van der Waals surface area contributed by atoms with Crippen LogP contribution in [0.15, 0.2) is 22.5 Å². The molecule has 0 aliphatic carbocycles. The molecule has 0 atom stereocenters. The van der Waals surface area contributed by atoms with E-state index in [2.05, 4.69) is 29.4 Å². The van der Waals surface area contributed by atoms with Crippen LogP contribution in [0.1, 0.15) is 32.3 Å². The van der Waals surface area contributed by atoms with Gasteiger partial charge in [-0.1, -0.05) is 66.2 Å². The van der Waals surface area contributed by atoms with Crippen molar-refractivity contribution in [2.75, 3.05) is 18.4 Å². The molecule has 1 aromatic carbocycles. The van der Waals surface area contributed by atoms with Crippen LogP contribution in [-0.4, -0.2) is 47.2 Å². The predicted octanol–water partition coefficient (Wildman–Crippen LogP) is 4.53. The Morgan fingerprint density at radius 2 is 1.90 bits per heavy atom. The minimum Gasteiger partial charge on any atom is -0.300 e. The molecule has 1 saturated heterocycles. The van der Waals surface area contributed by atoms with E-state index < -0.39 is 10.0 Å². The average Bonchev–Trinajstić information content (AvgIpc) is 3.11. The first-order valence-electron chi connectivity index (χ1n) is 9.37. The van der Waals surface area contributed by atoms with Crippen molar-refractivity contribution in [3.63, 3.8) is 0 Å². The van der Waals surface area contributed by atoms with E-state index in [-0.39, 0.29) is 30.7 Å². The maximum atomic E-state index is 12.8. The lowest BCUT2D eigenvalue weighted by Gasteiger charge is -2.30. The van der Waals surface area contributed by atoms with Gasteiger partial charge in [-0.05, 0) is 25.0 Å². The van der Waals surface area contributed by atoms with E-state index >= 15 is 0 Å². The number of hydrogen-bond acceptors (Lipinski definition) is 7. The summed E-state index contributed by atoms with van der Waals surface area (Å²) in [6, 6.07) is 4.91. The van der Waals surface area contributed by atoms with E-state index in [4.69, 9.17) is 23.2 Å². The number of nitrogens with one attached hydrogen (secondary N) is 1. The summed E-state index contributed by atoms with van der Waals surface area (Å²) in [6.45, 7) is 4.66.